The van der Waals surface area contributed by atoms with Gasteiger partial charge in [-0.2, -0.15) is 0 Å². The molecule has 4 heteroatoms. The summed E-state index contributed by atoms with van der Waals surface area (Å²) < 4.78 is 26.1. The SMILES string of the molecule is C[C@H](NCc1ccc(F)c(Cl)c1)c1cccc(F)c1. The zero-order valence-electron chi connectivity index (χ0n) is 10.5. The Morgan fingerprint density at radius 1 is 1.16 bits per heavy atom. The van der Waals surface area contributed by atoms with Crippen LogP contribution in [0.3, 0.4) is 0 Å². The molecular weight excluding hydrogens is 268 g/mol. The van der Waals surface area contributed by atoms with Crippen molar-refractivity contribution in [1.29, 1.82) is 0 Å². The molecule has 0 saturated heterocycles. The van der Waals surface area contributed by atoms with E-state index in [4.69, 9.17) is 11.6 Å². The fourth-order valence-electron chi connectivity index (χ4n) is 1.81. The summed E-state index contributed by atoms with van der Waals surface area (Å²) in [5.74, 6) is -0.681. The first-order chi connectivity index (χ1) is 9.06. The van der Waals surface area contributed by atoms with E-state index < -0.39 is 5.82 Å². The molecule has 2 rings (SSSR count). The molecule has 0 unspecified atom stereocenters. The molecule has 0 heterocycles. The molecule has 2 aromatic rings. The summed E-state index contributed by atoms with van der Waals surface area (Å²) in [6, 6.07) is 11.0. The molecular formula is C15H14ClF2N. The molecule has 19 heavy (non-hydrogen) atoms. The summed E-state index contributed by atoms with van der Waals surface area (Å²) in [5.41, 5.74) is 1.75. The highest BCUT2D eigenvalue weighted by Gasteiger charge is 2.06. The third-order valence-electron chi connectivity index (χ3n) is 2.95. The molecule has 2 aromatic carbocycles. The van der Waals surface area contributed by atoms with Crippen LogP contribution >= 0.6 is 11.6 Å². The first-order valence-electron chi connectivity index (χ1n) is 5.99. The average molecular weight is 282 g/mol. The molecule has 100 valence electrons. The normalized spacial score (nSPS) is 12.4. The van der Waals surface area contributed by atoms with E-state index in [1.165, 1.54) is 18.2 Å². The van der Waals surface area contributed by atoms with Crippen molar-refractivity contribution in [2.45, 2.75) is 19.5 Å². The number of nitrogens with one attached hydrogen (secondary N) is 1. The lowest BCUT2D eigenvalue weighted by atomic mass is 10.1. The van der Waals surface area contributed by atoms with E-state index in [0.717, 1.165) is 11.1 Å². The van der Waals surface area contributed by atoms with Gasteiger partial charge in [-0.1, -0.05) is 29.8 Å². The Hall–Kier alpha value is -1.45. The maximum Gasteiger partial charge on any atom is 0.141 e. The van der Waals surface area contributed by atoms with Gasteiger partial charge in [-0.25, -0.2) is 8.78 Å². The van der Waals surface area contributed by atoms with Gasteiger partial charge in [0, 0.05) is 12.6 Å². The van der Waals surface area contributed by atoms with Crippen molar-refractivity contribution in [2.24, 2.45) is 0 Å². The van der Waals surface area contributed by atoms with Crippen LogP contribution in [0.5, 0.6) is 0 Å². The minimum atomic E-state index is -0.427. The van der Waals surface area contributed by atoms with Crippen molar-refractivity contribution in [1.82, 2.24) is 5.32 Å². The van der Waals surface area contributed by atoms with Crippen molar-refractivity contribution in [2.75, 3.05) is 0 Å². The first-order valence-corrected chi connectivity index (χ1v) is 6.37. The molecule has 0 bridgehead atoms. The summed E-state index contributed by atoms with van der Waals surface area (Å²) in [6.07, 6.45) is 0. The minimum absolute atomic E-state index is 0.000437. The van der Waals surface area contributed by atoms with E-state index in [0.29, 0.717) is 6.54 Å². The summed E-state index contributed by atoms with van der Waals surface area (Å²) in [4.78, 5) is 0. The highest BCUT2D eigenvalue weighted by molar-refractivity contribution is 6.30. The van der Waals surface area contributed by atoms with Crippen LogP contribution in [0.1, 0.15) is 24.1 Å². The van der Waals surface area contributed by atoms with E-state index in [-0.39, 0.29) is 16.9 Å². The van der Waals surface area contributed by atoms with Crippen molar-refractivity contribution < 1.29 is 8.78 Å². The van der Waals surface area contributed by atoms with Crippen LogP contribution in [-0.2, 0) is 6.54 Å². The van der Waals surface area contributed by atoms with E-state index in [1.807, 2.05) is 13.0 Å². The molecule has 0 fully saturated rings. The van der Waals surface area contributed by atoms with Crippen LogP contribution in [0, 0.1) is 11.6 Å². The molecule has 0 aromatic heterocycles. The molecule has 0 amide bonds. The Labute approximate surface area is 116 Å². The zero-order valence-corrected chi connectivity index (χ0v) is 11.2. The topological polar surface area (TPSA) is 12.0 Å². The van der Waals surface area contributed by atoms with Gasteiger partial charge < -0.3 is 5.32 Å². The van der Waals surface area contributed by atoms with Crippen LogP contribution in [-0.4, -0.2) is 0 Å². The van der Waals surface area contributed by atoms with Crippen LogP contribution < -0.4 is 5.32 Å². The van der Waals surface area contributed by atoms with Crippen molar-refractivity contribution in [3.63, 3.8) is 0 Å². The number of rotatable bonds is 4. The lowest BCUT2D eigenvalue weighted by molar-refractivity contribution is 0.563. The molecule has 1 atom stereocenters. The number of hydrogen-bond acceptors (Lipinski definition) is 1. The van der Waals surface area contributed by atoms with Crippen LogP contribution in [0.4, 0.5) is 8.78 Å². The van der Waals surface area contributed by atoms with Gasteiger partial charge in [0.05, 0.1) is 5.02 Å². The van der Waals surface area contributed by atoms with Gasteiger partial charge in [0.1, 0.15) is 11.6 Å². The van der Waals surface area contributed by atoms with Crippen molar-refractivity contribution >= 4 is 11.6 Å². The summed E-state index contributed by atoms with van der Waals surface area (Å²) in [5, 5.41) is 3.35. The van der Waals surface area contributed by atoms with Crippen molar-refractivity contribution in [3.8, 4) is 0 Å². The monoisotopic (exact) mass is 281 g/mol. The lowest BCUT2D eigenvalue weighted by Crippen LogP contribution is -2.18. The minimum Gasteiger partial charge on any atom is -0.306 e. The van der Waals surface area contributed by atoms with Crippen molar-refractivity contribution in [3.05, 3.63) is 70.2 Å². The molecule has 0 saturated carbocycles. The first kappa shape index (κ1) is 14.0. The highest BCUT2D eigenvalue weighted by Crippen LogP contribution is 2.18. The zero-order chi connectivity index (χ0) is 13.8. The Bertz CT molecular complexity index is 572. The van der Waals surface area contributed by atoms with Gasteiger partial charge in [0.2, 0.25) is 0 Å². The van der Waals surface area contributed by atoms with Gasteiger partial charge in [-0.15, -0.1) is 0 Å². The molecule has 0 aliphatic heterocycles. The van der Waals surface area contributed by atoms with Gasteiger partial charge in [-0.05, 0) is 42.3 Å². The highest BCUT2D eigenvalue weighted by atomic mass is 35.5. The third-order valence-corrected chi connectivity index (χ3v) is 3.23. The van der Waals surface area contributed by atoms with E-state index in [1.54, 1.807) is 18.2 Å². The fraction of sp³-hybridized carbons (Fsp3) is 0.200. The summed E-state index contributed by atoms with van der Waals surface area (Å²) >= 11 is 5.71. The second-order valence-corrected chi connectivity index (χ2v) is 4.81. The van der Waals surface area contributed by atoms with Gasteiger partial charge >= 0.3 is 0 Å². The van der Waals surface area contributed by atoms with Crippen LogP contribution in [0.25, 0.3) is 0 Å². The van der Waals surface area contributed by atoms with E-state index in [9.17, 15) is 8.78 Å². The average Bonchev–Trinajstić information content (AvgIpc) is 2.40. The van der Waals surface area contributed by atoms with Gasteiger partial charge in [0.25, 0.3) is 0 Å². The van der Waals surface area contributed by atoms with Crippen LogP contribution in [0.15, 0.2) is 42.5 Å². The predicted octanol–water partition coefficient (Wildman–Crippen LogP) is 4.47. The molecule has 0 radical (unpaired) electrons. The Balaban J connectivity index is 2.00. The smallest absolute Gasteiger partial charge is 0.141 e. The molecule has 0 aliphatic carbocycles. The van der Waals surface area contributed by atoms with E-state index in [2.05, 4.69) is 5.32 Å². The quantitative estimate of drug-likeness (QED) is 0.872. The summed E-state index contributed by atoms with van der Waals surface area (Å²) in [7, 11) is 0. The molecule has 0 spiro atoms. The standard InChI is InChI=1S/C15H14ClF2N/c1-10(12-3-2-4-13(17)8-12)19-9-11-5-6-15(18)14(16)7-11/h2-8,10,19H,9H2,1H3/t10-/m0/s1. The van der Waals surface area contributed by atoms with E-state index >= 15 is 0 Å². The fourth-order valence-corrected chi connectivity index (χ4v) is 2.02. The maximum absolute atomic E-state index is 13.1. The summed E-state index contributed by atoms with van der Waals surface area (Å²) in [6.45, 7) is 2.48. The molecule has 1 nitrogen and oxygen atoms in total. The molecule has 0 aliphatic rings. The Morgan fingerprint density at radius 2 is 1.95 bits per heavy atom. The lowest BCUT2D eigenvalue weighted by Gasteiger charge is -2.14. The third kappa shape index (κ3) is 3.75. The number of halogens is 3. The van der Waals surface area contributed by atoms with Gasteiger partial charge in [-0.3, -0.25) is 0 Å². The second-order valence-electron chi connectivity index (χ2n) is 4.41. The Morgan fingerprint density at radius 3 is 2.63 bits per heavy atom. The maximum atomic E-state index is 13.1. The number of benzene rings is 2. The number of hydrogen-bond donors (Lipinski definition) is 1. The molecule has 1 N–H and O–H groups in total. The van der Waals surface area contributed by atoms with Gasteiger partial charge in [0.15, 0.2) is 0 Å². The largest absolute Gasteiger partial charge is 0.306 e. The predicted molar refractivity (Wildman–Crippen MR) is 73.1 cm³/mol. The Kier molecular flexibility index (Phi) is 4.51. The second kappa shape index (κ2) is 6.13. The van der Waals surface area contributed by atoms with Crippen LogP contribution in [0.2, 0.25) is 5.02 Å².